The zero-order valence-electron chi connectivity index (χ0n) is 12.4. The second-order valence-corrected chi connectivity index (χ2v) is 5.87. The van der Waals surface area contributed by atoms with Gasteiger partial charge in [-0.25, -0.2) is 0 Å². The highest BCUT2D eigenvalue weighted by Gasteiger charge is 2.27. The van der Waals surface area contributed by atoms with Gasteiger partial charge in [-0.15, -0.1) is 0 Å². The van der Waals surface area contributed by atoms with Crippen molar-refractivity contribution in [3.05, 3.63) is 51.9 Å². The minimum absolute atomic E-state index is 0.0227. The van der Waals surface area contributed by atoms with Crippen molar-refractivity contribution in [2.24, 2.45) is 0 Å². The van der Waals surface area contributed by atoms with E-state index in [-0.39, 0.29) is 6.04 Å². The minimum atomic E-state index is -0.0227. The standard InChI is InChI=1S/C17H20ClNO2/c1-3-6-19-15(16-11(2)4-7-20-16)14-10-13(18)9-12-5-8-21-17(12)14/h4,7,9-10,15,19H,3,5-6,8H2,1-2H3. The lowest BCUT2D eigenvalue weighted by atomic mass is 9.98. The van der Waals surface area contributed by atoms with Gasteiger partial charge in [0.25, 0.3) is 0 Å². The molecule has 0 saturated heterocycles. The summed E-state index contributed by atoms with van der Waals surface area (Å²) in [6.45, 7) is 5.84. The van der Waals surface area contributed by atoms with Gasteiger partial charge in [0.2, 0.25) is 0 Å². The van der Waals surface area contributed by atoms with E-state index in [9.17, 15) is 0 Å². The molecule has 1 aromatic heterocycles. The summed E-state index contributed by atoms with van der Waals surface area (Å²) in [6, 6.07) is 5.95. The van der Waals surface area contributed by atoms with Crippen LogP contribution in [-0.2, 0) is 6.42 Å². The maximum Gasteiger partial charge on any atom is 0.128 e. The van der Waals surface area contributed by atoms with Crippen LogP contribution < -0.4 is 10.1 Å². The predicted octanol–water partition coefficient (Wildman–Crippen LogP) is 4.27. The van der Waals surface area contributed by atoms with E-state index in [0.29, 0.717) is 0 Å². The molecule has 3 rings (SSSR count). The Labute approximate surface area is 130 Å². The molecule has 3 nitrogen and oxygen atoms in total. The summed E-state index contributed by atoms with van der Waals surface area (Å²) in [5.41, 5.74) is 3.39. The van der Waals surface area contributed by atoms with E-state index in [1.165, 1.54) is 5.56 Å². The number of furan rings is 1. The molecule has 1 aliphatic rings. The molecule has 1 N–H and O–H groups in total. The number of fused-ring (bicyclic) bond motifs is 1. The number of rotatable bonds is 5. The van der Waals surface area contributed by atoms with Crippen molar-refractivity contribution < 1.29 is 9.15 Å². The molecule has 1 unspecified atom stereocenters. The molecule has 2 aromatic rings. The van der Waals surface area contributed by atoms with Gasteiger partial charge in [0.15, 0.2) is 0 Å². The van der Waals surface area contributed by atoms with Crippen LogP contribution in [0.15, 0.2) is 28.9 Å². The van der Waals surface area contributed by atoms with Crippen molar-refractivity contribution in [3.63, 3.8) is 0 Å². The third kappa shape index (κ3) is 2.81. The number of ether oxygens (including phenoxy) is 1. The quantitative estimate of drug-likeness (QED) is 0.896. The van der Waals surface area contributed by atoms with Crippen LogP contribution >= 0.6 is 11.6 Å². The Morgan fingerprint density at radius 1 is 1.38 bits per heavy atom. The van der Waals surface area contributed by atoms with Gasteiger partial charge in [-0.1, -0.05) is 18.5 Å². The number of halogens is 1. The van der Waals surface area contributed by atoms with Crippen LogP contribution in [0, 0.1) is 6.92 Å². The Morgan fingerprint density at radius 2 is 2.24 bits per heavy atom. The van der Waals surface area contributed by atoms with Crippen molar-refractivity contribution in [1.82, 2.24) is 5.32 Å². The first-order valence-corrected chi connectivity index (χ1v) is 7.81. The highest BCUT2D eigenvalue weighted by Crippen LogP contribution is 2.39. The van der Waals surface area contributed by atoms with Gasteiger partial charge >= 0.3 is 0 Å². The van der Waals surface area contributed by atoms with E-state index in [0.717, 1.165) is 53.7 Å². The summed E-state index contributed by atoms with van der Waals surface area (Å²) in [4.78, 5) is 0. The Bertz CT molecular complexity index is 636. The Kier molecular flexibility index (Phi) is 4.22. The fourth-order valence-corrected chi connectivity index (χ4v) is 3.07. The topological polar surface area (TPSA) is 34.4 Å². The average Bonchev–Trinajstić information content (AvgIpc) is 3.08. The van der Waals surface area contributed by atoms with Crippen LogP contribution in [0.4, 0.5) is 0 Å². The van der Waals surface area contributed by atoms with Gasteiger partial charge in [-0.05, 0) is 49.2 Å². The second kappa shape index (κ2) is 6.12. The molecule has 1 aromatic carbocycles. The summed E-state index contributed by atoms with van der Waals surface area (Å²) in [5, 5.41) is 4.31. The second-order valence-electron chi connectivity index (χ2n) is 5.44. The summed E-state index contributed by atoms with van der Waals surface area (Å²) >= 11 is 6.29. The maximum atomic E-state index is 6.29. The summed E-state index contributed by atoms with van der Waals surface area (Å²) in [7, 11) is 0. The van der Waals surface area contributed by atoms with Crippen LogP contribution in [0.3, 0.4) is 0 Å². The van der Waals surface area contributed by atoms with Crippen LogP contribution in [0.25, 0.3) is 0 Å². The SMILES string of the molecule is CCCNC(c1cc(Cl)cc2c1OCC2)c1occc1C. The van der Waals surface area contributed by atoms with E-state index in [2.05, 4.69) is 19.2 Å². The molecule has 0 radical (unpaired) electrons. The highest BCUT2D eigenvalue weighted by atomic mass is 35.5. The predicted molar refractivity (Wildman–Crippen MR) is 84.2 cm³/mol. The third-order valence-corrected chi connectivity index (χ3v) is 4.07. The van der Waals surface area contributed by atoms with Gasteiger partial charge in [0, 0.05) is 17.0 Å². The molecule has 112 valence electrons. The molecule has 4 heteroatoms. The zero-order chi connectivity index (χ0) is 14.8. The molecular formula is C17H20ClNO2. The van der Waals surface area contributed by atoms with Crippen molar-refractivity contribution in [1.29, 1.82) is 0 Å². The van der Waals surface area contributed by atoms with E-state index in [1.807, 2.05) is 18.2 Å². The molecule has 1 aliphatic heterocycles. The van der Waals surface area contributed by atoms with Crippen LogP contribution in [0.5, 0.6) is 5.75 Å². The molecule has 0 bridgehead atoms. The normalized spacial score (nSPS) is 14.8. The fraction of sp³-hybridized carbons (Fsp3) is 0.412. The summed E-state index contributed by atoms with van der Waals surface area (Å²) < 4.78 is 11.6. The van der Waals surface area contributed by atoms with Crippen molar-refractivity contribution in [2.75, 3.05) is 13.2 Å². The van der Waals surface area contributed by atoms with Crippen LogP contribution in [0.2, 0.25) is 5.02 Å². The molecule has 0 amide bonds. The van der Waals surface area contributed by atoms with E-state index < -0.39 is 0 Å². The number of hydrogen-bond donors (Lipinski definition) is 1. The molecule has 0 aliphatic carbocycles. The lowest BCUT2D eigenvalue weighted by Gasteiger charge is -2.20. The zero-order valence-corrected chi connectivity index (χ0v) is 13.2. The van der Waals surface area contributed by atoms with Gasteiger partial charge in [0.1, 0.15) is 11.5 Å². The molecule has 21 heavy (non-hydrogen) atoms. The van der Waals surface area contributed by atoms with Gasteiger partial charge in [-0.3, -0.25) is 0 Å². The molecule has 0 saturated carbocycles. The monoisotopic (exact) mass is 305 g/mol. The maximum absolute atomic E-state index is 6.29. The van der Waals surface area contributed by atoms with Gasteiger partial charge in [-0.2, -0.15) is 0 Å². The lowest BCUT2D eigenvalue weighted by Crippen LogP contribution is -2.24. The number of nitrogens with one attached hydrogen (secondary N) is 1. The minimum Gasteiger partial charge on any atom is -0.493 e. The Balaban J connectivity index is 2.07. The Morgan fingerprint density at radius 3 is 2.95 bits per heavy atom. The van der Waals surface area contributed by atoms with E-state index >= 15 is 0 Å². The van der Waals surface area contributed by atoms with Gasteiger partial charge in [0.05, 0.1) is 18.9 Å². The Hall–Kier alpha value is -1.45. The van der Waals surface area contributed by atoms with E-state index in [4.69, 9.17) is 20.8 Å². The molecule has 0 spiro atoms. The van der Waals surface area contributed by atoms with Crippen molar-refractivity contribution in [3.8, 4) is 5.75 Å². The van der Waals surface area contributed by atoms with E-state index in [1.54, 1.807) is 6.26 Å². The fourth-order valence-electron chi connectivity index (χ4n) is 2.83. The first-order valence-electron chi connectivity index (χ1n) is 7.43. The summed E-state index contributed by atoms with van der Waals surface area (Å²) in [5.74, 6) is 1.90. The van der Waals surface area contributed by atoms with Crippen molar-refractivity contribution >= 4 is 11.6 Å². The number of hydrogen-bond acceptors (Lipinski definition) is 3. The first-order chi connectivity index (χ1) is 10.2. The highest BCUT2D eigenvalue weighted by molar-refractivity contribution is 6.30. The molecule has 2 heterocycles. The number of benzene rings is 1. The van der Waals surface area contributed by atoms with Crippen molar-refractivity contribution in [2.45, 2.75) is 32.7 Å². The molecule has 0 fully saturated rings. The number of aryl methyl sites for hydroxylation is 1. The largest absolute Gasteiger partial charge is 0.493 e. The van der Waals surface area contributed by atoms with Crippen LogP contribution in [0.1, 0.15) is 41.8 Å². The smallest absolute Gasteiger partial charge is 0.128 e. The first kappa shape index (κ1) is 14.5. The third-order valence-electron chi connectivity index (χ3n) is 3.85. The molecule has 1 atom stereocenters. The van der Waals surface area contributed by atoms with Crippen LogP contribution in [-0.4, -0.2) is 13.2 Å². The summed E-state index contributed by atoms with van der Waals surface area (Å²) in [6.07, 6.45) is 3.71. The van der Waals surface area contributed by atoms with Gasteiger partial charge < -0.3 is 14.5 Å². The molecular weight excluding hydrogens is 286 g/mol. The lowest BCUT2D eigenvalue weighted by molar-refractivity contribution is 0.346. The average molecular weight is 306 g/mol.